The van der Waals surface area contributed by atoms with Gasteiger partial charge in [0.1, 0.15) is 0 Å². The number of hydrogen-bond donors (Lipinski definition) is 0. The van der Waals surface area contributed by atoms with Crippen molar-refractivity contribution in [1.82, 2.24) is 0 Å². The summed E-state index contributed by atoms with van der Waals surface area (Å²) in [6.07, 6.45) is 9.35. The van der Waals surface area contributed by atoms with Crippen LogP contribution in [0.3, 0.4) is 0 Å². The predicted molar refractivity (Wildman–Crippen MR) is 133 cm³/mol. The summed E-state index contributed by atoms with van der Waals surface area (Å²) in [6, 6.07) is 11.9. The Bertz CT molecular complexity index is 1110. The Morgan fingerprint density at radius 3 is 2.00 bits per heavy atom. The standard InChI is InChI=1S/C30H37.Hf/c1-7-21-11-13-23(9-3)29-25(19(5)17-27(21)29)15-16-26-20(6)18-28-22(8-2)12-14-24(10-4)30(26)28;/h11-14,17-18,25H,7-10,15-16H2,1-6H3;/q-1;. The maximum Gasteiger partial charge on any atom is 0.00532 e. The minimum absolute atomic E-state index is 0. The van der Waals surface area contributed by atoms with Crippen molar-refractivity contribution in [2.45, 2.75) is 86.0 Å². The summed E-state index contributed by atoms with van der Waals surface area (Å²) in [7, 11) is 0. The summed E-state index contributed by atoms with van der Waals surface area (Å²) in [6.45, 7) is 13.9. The summed E-state index contributed by atoms with van der Waals surface area (Å²) < 4.78 is 0. The van der Waals surface area contributed by atoms with Crippen LogP contribution in [0.1, 0.15) is 91.5 Å². The summed E-state index contributed by atoms with van der Waals surface area (Å²) in [5.74, 6) is 0.574. The summed E-state index contributed by atoms with van der Waals surface area (Å²) >= 11 is 0. The predicted octanol–water partition coefficient (Wildman–Crippen LogP) is 8.25. The monoisotopic (exact) mass is 577 g/mol. The molecule has 0 heterocycles. The fourth-order valence-corrected chi connectivity index (χ4v) is 5.80. The Morgan fingerprint density at radius 2 is 1.35 bits per heavy atom. The Labute approximate surface area is 208 Å². The third-order valence-corrected chi connectivity index (χ3v) is 7.51. The van der Waals surface area contributed by atoms with Gasteiger partial charge in [-0.05, 0) is 54.9 Å². The zero-order chi connectivity index (χ0) is 21.4. The van der Waals surface area contributed by atoms with Crippen molar-refractivity contribution < 1.29 is 25.8 Å². The van der Waals surface area contributed by atoms with Gasteiger partial charge < -0.3 is 0 Å². The maximum atomic E-state index is 2.49. The van der Waals surface area contributed by atoms with Gasteiger partial charge in [0.2, 0.25) is 0 Å². The van der Waals surface area contributed by atoms with E-state index >= 15 is 0 Å². The van der Waals surface area contributed by atoms with E-state index in [9.17, 15) is 0 Å². The number of aryl methyl sites for hydroxylation is 6. The zero-order valence-corrected chi connectivity index (χ0v) is 23.9. The molecule has 1 unspecified atom stereocenters. The second kappa shape index (κ2) is 10.1. The smallest absolute Gasteiger partial charge is 0.00532 e. The molecule has 1 heteroatoms. The van der Waals surface area contributed by atoms with Crippen molar-refractivity contribution in [2.24, 2.45) is 0 Å². The molecule has 0 aromatic heterocycles. The summed E-state index contributed by atoms with van der Waals surface area (Å²) in [5, 5.41) is 3.07. The number of fused-ring (bicyclic) bond motifs is 2. The van der Waals surface area contributed by atoms with Gasteiger partial charge in [0.05, 0.1) is 0 Å². The van der Waals surface area contributed by atoms with Crippen molar-refractivity contribution >= 4 is 16.8 Å². The molecule has 0 N–H and O–H groups in total. The fraction of sp³-hybridized carbons (Fsp3) is 0.433. The van der Waals surface area contributed by atoms with Crippen molar-refractivity contribution in [3.63, 3.8) is 0 Å². The van der Waals surface area contributed by atoms with Crippen LogP contribution in [0.2, 0.25) is 0 Å². The third-order valence-electron chi connectivity index (χ3n) is 7.51. The van der Waals surface area contributed by atoms with Crippen molar-refractivity contribution in [2.75, 3.05) is 0 Å². The molecular formula is C30H37Hf-. The normalized spacial score (nSPS) is 15.2. The van der Waals surface area contributed by atoms with Gasteiger partial charge in [-0.15, -0.1) is 33.5 Å². The van der Waals surface area contributed by atoms with Crippen molar-refractivity contribution in [1.29, 1.82) is 0 Å². The molecule has 31 heavy (non-hydrogen) atoms. The van der Waals surface area contributed by atoms with E-state index in [0.29, 0.717) is 5.92 Å². The van der Waals surface area contributed by atoms with Crippen LogP contribution in [-0.2, 0) is 57.9 Å². The SMILES string of the molecule is CCc1ccc(CC)c2c1C=C(C)C2CC[c-]1c(C)cc2c(CC)ccc(CC)c21.[Hf]. The van der Waals surface area contributed by atoms with Crippen molar-refractivity contribution in [3.8, 4) is 0 Å². The van der Waals surface area contributed by atoms with Crippen molar-refractivity contribution in [3.05, 3.63) is 80.4 Å². The van der Waals surface area contributed by atoms with Crippen LogP contribution in [-0.4, -0.2) is 0 Å². The minimum Gasteiger partial charge on any atom is -0.165 e. The first-order chi connectivity index (χ1) is 14.5. The molecule has 1 aliphatic rings. The second-order valence-corrected chi connectivity index (χ2v) is 9.08. The fourth-order valence-electron chi connectivity index (χ4n) is 5.80. The van der Waals surface area contributed by atoms with Gasteiger partial charge in [-0.2, -0.15) is 6.07 Å². The first kappa shape index (κ1) is 24.3. The van der Waals surface area contributed by atoms with E-state index in [1.54, 1.807) is 27.6 Å². The van der Waals surface area contributed by atoms with E-state index in [4.69, 9.17) is 0 Å². The van der Waals surface area contributed by atoms with E-state index in [-0.39, 0.29) is 25.8 Å². The molecule has 1 aliphatic carbocycles. The number of hydrogen-bond acceptors (Lipinski definition) is 0. The van der Waals surface area contributed by atoms with E-state index in [0.717, 1.165) is 25.7 Å². The molecule has 3 aromatic rings. The third kappa shape index (κ3) is 4.20. The number of allylic oxidation sites excluding steroid dienone is 1. The van der Waals surface area contributed by atoms with Crippen LogP contribution in [0.5, 0.6) is 0 Å². The molecule has 3 aromatic carbocycles. The van der Waals surface area contributed by atoms with Gasteiger partial charge in [-0.1, -0.05) is 82.9 Å². The van der Waals surface area contributed by atoms with Gasteiger partial charge in [0.15, 0.2) is 0 Å². The summed E-state index contributed by atoms with van der Waals surface area (Å²) in [4.78, 5) is 0. The summed E-state index contributed by atoms with van der Waals surface area (Å²) in [5.41, 5.74) is 13.9. The van der Waals surface area contributed by atoms with Gasteiger partial charge in [-0.3, -0.25) is 0 Å². The molecule has 0 nitrogen and oxygen atoms in total. The first-order valence-corrected chi connectivity index (χ1v) is 12.1. The van der Waals surface area contributed by atoms with E-state index in [2.05, 4.69) is 78.0 Å². The first-order valence-electron chi connectivity index (χ1n) is 12.1. The Balaban J connectivity index is 0.00000272. The molecule has 0 saturated heterocycles. The molecule has 0 fully saturated rings. The molecule has 0 bridgehead atoms. The van der Waals surface area contributed by atoms with Crippen LogP contribution < -0.4 is 0 Å². The van der Waals surface area contributed by atoms with Gasteiger partial charge in [0, 0.05) is 31.8 Å². The van der Waals surface area contributed by atoms with Gasteiger partial charge in [-0.25, -0.2) is 0 Å². The topological polar surface area (TPSA) is 0 Å². The van der Waals surface area contributed by atoms with Crippen LogP contribution in [0.15, 0.2) is 35.9 Å². The van der Waals surface area contributed by atoms with Crippen LogP contribution >= 0.6 is 0 Å². The average Bonchev–Trinajstić information content (AvgIpc) is 3.27. The zero-order valence-electron chi connectivity index (χ0n) is 20.3. The molecule has 0 spiro atoms. The number of rotatable bonds is 7. The van der Waals surface area contributed by atoms with E-state index in [1.807, 2.05) is 0 Å². The number of benzene rings is 2. The molecule has 162 valence electrons. The second-order valence-electron chi connectivity index (χ2n) is 9.08. The minimum atomic E-state index is 0. The largest absolute Gasteiger partial charge is 0.165 e. The molecular weight excluding hydrogens is 539 g/mol. The van der Waals surface area contributed by atoms with Crippen LogP contribution in [0, 0.1) is 6.92 Å². The quantitative estimate of drug-likeness (QED) is 0.197. The molecule has 4 rings (SSSR count). The van der Waals surface area contributed by atoms with Crippen LogP contribution in [0.4, 0.5) is 0 Å². The molecule has 0 radical (unpaired) electrons. The van der Waals surface area contributed by atoms with E-state index in [1.165, 1.54) is 46.0 Å². The van der Waals surface area contributed by atoms with Gasteiger partial charge in [0.25, 0.3) is 0 Å². The Morgan fingerprint density at radius 1 is 0.774 bits per heavy atom. The van der Waals surface area contributed by atoms with E-state index < -0.39 is 0 Å². The Hall–Kier alpha value is -1.34. The molecule has 0 saturated carbocycles. The van der Waals surface area contributed by atoms with Crippen LogP contribution in [0.25, 0.3) is 16.8 Å². The molecule has 1 atom stereocenters. The maximum absolute atomic E-state index is 2.49. The average molecular weight is 576 g/mol. The van der Waals surface area contributed by atoms with Gasteiger partial charge >= 0.3 is 0 Å². The Kier molecular flexibility index (Phi) is 7.90. The molecule has 0 amide bonds. The molecule has 0 aliphatic heterocycles.